The van der Waals surface area contributed by atoms with Gasteiger partial charge < -0.3 is 19.3 Å². The Morgan fingerprint density at radius 2 is 1.63 bits per heavy atom. The topological polar surface area (TPSA) is 68.2 Å². The van der Waals surface area contributed by atoms with Crippen LogP contribution in [0.25, 0.3) is 5.57 Å². The van der Waals surface area contributed by atoms with E-state index in [1.54, 1.807) is 6.07 Å². The second kappa shape index (κ2) is 14.9. The van der Waals surface area contributed by atoms with E-state index in [4.69, 9.17) is 9.47 Å². The molecule has 1 aliphatic heterocycles. The van der Waals surface area contributed by atoms with Gasteiger partial charge in [0.1, 0.15) is 18.1 Å². The first-order chi connectivity index (χ1) is 20.6. The van der Waals surface area contributed by atoms with Crippen molar-refractivity contribution in [2.45, 2.75) is 52.1 Å². The van der Waals surface area contributed by atoms with Crippen LogP contribution in [0.3, 0.4) is 0 Å². The largest absolute Gasteiger partial charge is 0.489 e. The van der Waals surface area contributed by atoms with Gasteiger partial charge in [-0.3, -0.25) is 4.90 Å². The first-order valence-corrected chi connectivity index (χ1v) is 14.9. The van der Waals surface area contributed by atoms with E-state index < -0.39 is 5.97 Å². The van der Waals surface area contributed by atoms with Crippen molar-refractivity contribution in [1.29, 1.82) is 0 Å². The highest BCUT2D eigenvalue weighted by Gasteiger charge is 2.16. The van der Waals surface area contributed by atoms with Crippen molar-refractivity contribution in [2.24, 2.45) is 0 Å². The van der Waals surface area contributed by atoms with Crippen LogP contribution in [0.1, 0.15) is 61.4 Å². The van der Waals surface area contributed by atoms with Crippen molar-refractivity contribution in [3.8, 4) is 23.3 Å². The highest BCUT2D eigenvalue weighted by atomic mass is 16.6. The summed E-state index contributed by atoms with van der Waals surface area (Å²) in [6.07, 6.45) is 3.58. The van der Waals surface area contributed by atoms with Gasteiger partial charge in [-0.1, -0.05) is 69.0 Å². The van der Waals surface area contributed by atoms with Crippen molar-refractivity contribution in [3.05, 3.63) is 101 Å². The van der Waals surface area contributed by atoms with Gasteiger partial charge in [-0.15, -0.1) is 0 Å². The molecule has 3 aromatic carbocycles. The van der Waals surface area contributed by atoms with Crippen molar-refractivity contribution >= 4 is 11.5 Å². The standard InChI is InChI=1S/C37H43NO5/c1-27-25-33(16-17-35(27)43-26-36(40)41-5)42-24-20-34(30-12-14-31(15-13-30)37(2,3)4)29-10-8-28(9-11-29)7-6-21-38-22-18-32(39)19-23-38/h8-17,20,25,32,39H,18-19,21-24,26H2,1-5H3/b34-20+. The van der Waals surface area contributed by atoms with E-state index in [1.165, 1.54) is 12.7 Å². The van der Waals surface area contributed by atoms with Crippen LogP contribution in [0, 0.1) is 18.8 Å². The predicted molar refractivity (Wildman–Crippen MR) is 171 cm³/mol. The van der Waals surface area contributed by atoms with E-state index in [-0.39, 0.29) is 18.1 Å². The molecule has 0 amide bonds. The number of benzene rings is 3. The average Bonchev–Trinajstić information content (AvgIpc) is 3.00. The van der Waals surface area contributed by atoms with E-state index in [1.807, 2.05) is 19.1 Å². The van der Waals surface area contributed by atoms with Gasteiger partial charge >= 0.3 is 5.97 Å². The van der Waals surface area contributed by atoms with Crippen molar-refractivity contribution < 1.29 is 24.1 Å². The average molecular weight is 582 g/mol. The van der Waals surface area contributed by atoms with E-state index in [0.717, 1.165) is 66.1 Å². The number of methoxy groups -OCH3 is 1. The summed E-state index contributed by atoms with van der Waals surface area (Å²) >= 11 is 0. The van der Waals surface area contributed by atoms with Crippen molar-refractivity contribution in [1.82, 2.24) is 4.90 Å². The van der Waals surface area contributed by atoms with Gasteiger partial charge in [-0.25, -0.2) is 4.79 Å². The summed E-state index contributed by atoms with van der Waals surface area (Å²) in [6.45, 7) is 11.3. The molecule has 4 rings (SSSR count). The number of likely N-dealkylation sites (tertiary alicyclic amines) is 1. The molecule has 1 heterocycles. The number of carbonyl (C=O) groups excluding carboxylic acids is 1. The fourth-order valence-corrected chi connectivity index (χ4v) is 4.91. The molecule has 0 bridgehead atoms. The predicted octanol–water partition coefficient (Wildman–Crippen LogP) is 6.16. The summed E-state index contributed by atoms with van der Waals surface area (Å²) in [5.74, 6) is 7.49. The Balaban J connectivity index is 1.49. The summed E-state index contributed by atoms with van der Waals surface area (Å²) < 4.78 is 16.3. The number of piperidine rings is 1. The zero-order valence-electron chi connectivity index (χ0n) is 26.0. The Labute approximate surface area is 256 Å². The highest BCUT2D eigenvalue weighted by molar-refractivity contribution is 5.80. The van der Waals surface area contributed by atoms with Crippen molar-refractivity contribution in [2.75, 3.05) is 40.0 Å². The molecule has 1 saturated heterocycles. The van der Waals surface area contributed by atoms with Gasteiger partial charge in [-0.2, -0.15) is 0 Å². The molecule has 0 radical (unpaired) electrons. The zero-order chi connectivity index (χ0) is 30.8. The second-order valence-electron chi connectivity index (χ2n) is 11.9. The monoisotopic (exact) mass is 581 g/mol. The molecule has 0 aliphatic carbocycles. The maximum Gasteiger partial charge on any atom is 0.343 e. The van der Waals surface area contributed by atoms with Crippen LogP contribution in [-0.2, 0) is 14.9 Å². The molecule has 6 heteroatoms. The lowest BCUT2D eigenvalue weighted by Gasteiger charge is -2.27. The number of hydrogen-bond donors (Lipinski definition) is 1. The number of ether oxygens (including phenoxy) is 3. The van der Waals surface area contributed by atoms with Gasteiger partial charge in [-0.05, 0) is 89.4 Å². The van der Waals surface area contributed by atoms with Crippen LogP contribution >= 0.6 is 0 Å². The summed E-state index contributed by atoms with van der Waals surface area (Å²) in [6, 6.07) is 22.6. The van der Waals surface area contributed by atoms with Gasteiger partial charge in [0.15, 0.2) is 6.61 Å². The lowest BCUT2D eigenvalue weighted by atomic mass is 9.85. The third-order valence-corrected chi connectivity index (χ3v) is 7.61. The molecule has 43 heavy (non-hydrogen) atoms. The minimum absolute atomic E-state index is 0.0738. The van der Waals surface area contributed by atoms with Gasteiger partial charge in [0.25, 0.3) is 0 Å². The third-order valence-electron chi connectivity index (χ3n) is 7.61. The molecule has 0 unspecified atom stereocenters. The molecule has 0 atom stereocenters. The molecule has 0 aromatic heterocycles. The quantitative estimate of drug-likeness (QED) is 0.241. The fraction of sp³-hybridized carbons (Fsp3) is 0.378. The molecule has 0 saturated carbocycles. The van der Waals surface area contributed by atoms with Gasteiger partial charge in [0, 0.05) is 18.7 Å². The van der Waals surface area contributed by atoms with Crippen LogP contribution in [0.5, 0.6) is 11.5 Å². The summed E-state index contributed by atoms with van der Waals surface area (Å²) in [4.78, 5) is 13.7. The Morgan fingerprint density at radius 1 is 0.977 bits per heavy atom. The lowest BCUT2D eigenvalue weighted by molar-refractivity contribution is -0.142. The van der Waals surface area contributed by atoms with Crippen LogP contribution < -0.4 is 9.47 Å². The minimum atomic E-state index is -0.424. The van der Waals surface area contributed by atoms with Gasteiger partial charge in [0.2, 0.25) is 0 Å². The molecule has 1 N–H and O–H groups in total. The molecule has 226 valence electrons. The Kier molecular flexibility index (Phi) is 11.1. The van der Waals surface area contributed by atoms with Crippen LogP contribution in [0.2, 0.25) is 0 Å². The van der Waals surface area contributed by atoms with Crippen LogP contribution in [0.4, 0.5) is 0 Å². The van der Waals surface area contributed by atoms with E-state index in [2.05, 4.69) is 96.9 Å². The Bertz CT molecular complexity index is 1450. The van der Waals surface area contributed by atoms with E-state index in [0.29, 0.717) is 12.4 Å². The summed E-state index contributed by atoms with van der Waals surface area (Å²) in [5, 5.41) is 9.71. The number of aliphatic hydroxyl groups is 1. The zero-order valence-corrected chi connectivity index (χ0v) is 26.0. The SMILES string of the molecule is COC(=O)COc1ccc(OC/C=C(\c2ccc(C#CCN3CCC(O)CC3)cc2)c2ccc(C(C)(C)C)cc2)cc1C. The number of hydrogen-bond acceptors (Lipinski definition) is 6. The number of esters is 1. The molecular formula is C37H43NO5. The Hall–Kier alpha value is -4.05. The van der Waals surface area contributed by atoms with Crippen LogP contribution in [0.15, 0.2) is 72.8 Å². The lowest BCUT2D eigenvalue weighted by Crippen LogP contribution is -2.35. The normalized spacial score (nSPS) is 14.5. The van der Waals surface area contributed by atoms with E-state index in [9.17, 15) is 9.90 Å². The van der Waals surface area contributed by atoms with Gasteiger partial charge in [0.05, 0.1) is 19.8 Å². The number of carbonyl (C=O) groups is 1. The molecule has 6 nitrogen and oxygen atoms in total. The number of aliphatic hydroxyl groups excluding tert-OH is 1. The molecule has 3 aromatic rings. The smallest absolute Gasteiger partial charge is 0.343 e. The highest BCUT2D eigenvalue weighted by Crippen LogP contribution is 2.29. The summed E-state index contributed by atoms with van der Waals surface area (Å²) in [5.41, 5.74) is 6.50. The number of rotatable bonds is 9. The van der Waals surface area contributed by atoms with E-state index >= 15 is 0 Å². The second-order valence-corrected chi connectivity index (χ2v) is 11.9. The van der Waals surface area contributed by atoms with Crippen molar-refractivity contribution in [3.63, 3.8) is 0 Å². The first kappa shape index (κ1) is 31.9. The Morgan fingerprint density at radius 3 is 2.23 bits per heavy atom. The molecule has 1 fully saturated rings. The molecular weight excluding hydrogens is 538 g/mol. The van der Waals surface area contributed by atoms with Crippen LogP contribution in [-0.4, -0.2) is 62.0 Å². The third kappa shape index (κ3) is 9.47. The number of aryl methyl sites for hydroxylation is 1. The first-order valence-electron chi connectivity index (χ1n) is 14.9. The maximum atomic E-state index is 11.4. The minimum Gasteiger partial charge on any atom is -0.489 e. The maximum absolute atomic E-state index is 11.4. The fourth-order valence-electron chi connectivity index (χ4n) is 4.91. The summed E-state index contributed by atoms with van der Waals surface area (Å²) in [7, 11) is 1.34. The molecule has 0 spiro atoms. The molecule has 1 aliphatic rings. The number of nitrogens with zero attached hydrogens (tertiary/aromatic N) is 1.